The molecule has 22 heavy (non-hydrogen) atoms. The summed E-state index contributed by atoms with van der Waals surface area (Å²) in [5.74, 6) is -0.563. The number of benzene rings is 1. The number of nitrogens with zero attached hydrogens (tertiary/aromatic N) is 2. The Morgan fingerprint density at radius 3 is 2.45 bits per heavy atom. The maximum atomic E-state index is 13.7. The molecule has 0 amide bonds. The Kier molecular flexibility index (Phi) is 6.89. The summed E-state index contributed by atoms with van der Waals surface area (Å²) >= 11 is 0. The van der Waals surface area contributed by atoms with E-state index in [1.54, 1.807) is 0 Å². The zero-order valence-corrected chi connectivity index (χ0v) is 13.7. The van der Waals surface area contributed by atoms with Gasteiger partial charge in [-0.25, -0.2) is 4.39 Å². The molecule has 4 nitrogen and oxygen atoms in total. The fourth-order valence-electron chi connectivity index (χ4n) is 3.07. The third kappa shape index (κ3) is 3.64. The molecule has 1 atom stereocenters. The van der Waals surface area contributed by atoms with Gasteiger partial charge in [-0.2, -0.15) is 5.26 Å². The van der Waals surface area contributed by atoms with Gasteiger partial charge in [-0.3, -0.25) is 4.90 Å². The Labute approximate surface area is 142 Å². The van der Waals surface area contributed by atoms with E-state index in [2.05, 4.69) is 16.3 Å². The number of nitrogens with one attached hydrogen (secondary N) is 1. The van der Waals surface area contributed by atoms with Crippen LogP contribution in [-0.4, -0.2) is 36.2 Å². The Morgan fingerprint density at radius 1 is 1.27 bits per heavy atom. The van der Waals surface area contributed by atoms with E-state index < -0.39 is 5.82 Å². The number of phenols is 1. The third-order valence-electron chi connectivity index (χ3n) is 4.20. The molecular formula is C15H20Cl2FN3O. The van der Waals surface area contributed by atoms with Gasteiger partial charge in [0, 0.05) is 37.8 Å². The third-order valence-corrected chi connectivity index (χ3v) is 4.20. The molecule has 0 radical (unpaired) electrons. The van der Waals surface area contributed by atoms with Crippen LogP contribution in [0.25, 0.3) is 0 Å². The Hall–Kier alpha value is -1.06. The zero-order chi connectivity index (χ0) is 14.1. The highest BCUT2D eigenvalue weighted by molar-refractivity contribution is 5.85. The zero-order valence-electron chi connectivity index (χ0n) is 12.1. The first kappa shape index (κ1) is 19.0. The first-order chi connectivity index (χ1) is 9.72. The highest BCUT2D eigenvalue weighted by atomic mass is 35.5. The molecule has 7 heteroatoms. The van der Waals surface area contributed by atoms with Gasteiger partial charge < -0.3 is 10.4 Å². The second kappa shape index (κ2) is 7.98. The fraction of sp³-hybridized carbons (Fsp3) is 0.533. The molecule has 3 rings (SSSR count). The predicted octanol–water partition coefficient (Wildman–Crippen LogP) is 2.60. The van der Waals surface area contributed by atoms with Crippen LogP contribution in [0.1, 0.15) is 30.0 Å². The SMILES string of the molecule is Cl.Cl.N#Cc1ccc(F)c(O)c1[C@H](C1CC1)N1CCNCC1. The van der Waals surface area contributed by atoms with Crippen LogP contribution in [-0.2, 0) is 0 Å². The number of phenolic OH excluding ortho intramolecular Hbond substituents is 1. The summed E-state index contributed by atoms with van der Waals surface area (Å²) in [7, 11) is 0. The van der Waals surface area contributed by atoms with E-state index in [9.17, 15) is 14.8 Å². The number of halogens is 3. The van der Waals surface area contributed by atoms with Crippen molar-refractivity contribution in [1.82, 2.24) is 10.2 Å². The lowest BCUT2D eigenvalue weighted by atomic mass is 9.94. The van der Waals surface area contributed by atoms with Crippen LogP contribution in [0, 0.1) is 23.1 Å². The number of rotatable bonds is 3. The molecule has 0 aromatic heterocycles. The van der Waals surface area contributed by atoms with Crippen molar-refractivity contribution in [2.75, 3.05) is 26.2 Å². The molecule has 1 saturated carbocycles. The second-order valence-corrected chi connectivity index (χ2v) is 5.54. The van der Waals surface area contributed by atoms with Crippen LogP contribution >= 0.6 is 24.8 Å². The van der Waals surface area contributed by atoms with Gasteiger partial charge in [-0.1, -0.05) is 0 Å². The first-order valence-electron chi connectivity index (χ1n) is 7.08. The summed E-state index contributed by atoms with van der Waals surface area (Å²) in [6.45, 7) is 3.51. The molecule has 0 unspecified atom stereocenters. The Morgan fingerprint density at radius 2 is 1.91 bits per heavy atom. The standard InChI is InChI=1S/C15H18FN3O.2ClH/c16-12-4-3-11(9-17)13(15(12)20)14(10-1-2-10)19-7-5-18-6-8-19;;/h3-4,10,14,18,20H,1-2,5-8H2;2*1H/t14-;;/m0../s1. The average molecular weight is 348 g/mol. The van der Waals surface area contributed by atoms with Crippen molar-refractivity contribution >= 4 is 24.8 Å². The van der Waals surface area contributed by atoms with Gasteiger partial charge in [0.05, 0.1) is 11.6 Å². The van der Waals surface area contributed by atoms with Crippen LogP contribution in [0.2, 0.25) is 0 Å². The van der Waals surface area contributed by atoms with E-state index in [1.807, 2.05) is 0 Å². The molecule has 1 aromatic carbocycles. The second-order valence-electron chi connectivity index (χ2n) is 5.54. The Balaban J connectivity index is 0.00000121. The number of hydrogen-bond acceptors (Lipinski definition) is 4. The van der Waals surface area contributed by atoms with Crippen LogP contribution in [0.5, 0.6) is 5.75 Å². The summed E-state index contributed by atoms with van der Waals surface area (Å²) in [5.41, 5.74) is 0.872. The Bertz CT molecular complexity index is 554. The minimum absolute atomic E-state index is 0. The van der Waals surface area contributed by atoms with Crippen LogP contribution in [0.3, 0.4) is 0 Å². The molecule has 0 bridgehead atoms. The van der Waals surface area contributed by atoms with Gasteiger partial charge in [0.1, 0.15) is 0 Å². The fourth-order valence-corrected chi connectivity index (χ4v) is 3.07. The lowest BCUT2D eigenvalue weighted by molar-refractivity contribution is 0.153. The molecule has 2 fully saturated rings. The molecule has 1 aliphatic heterocycles. The number of aromatic hydroxyl groups is 1. The molecule has 0 spiro atoms. The highest BCUT2D eigenvalue weighted by Crippen LogP contribution is 2.48. The lowest BCUT2D eigenvalue weighted by Gasteiger charge is -2.36. The largest absolute Gasteiger partial charge is 0.505 e. The summed E-state index contributed by atoms with van der Waals surface area (Å²) in [6, 6.07) is 4.70. The van der Waals surface area contributed by atoms with Crippen LogP contribution in [0.4, 0.5) is 4.39 Å². The number of nitriles is 1. The molecular weight excluding hydrogens is 328 g/mol. The average Bonchev–Trinajstić information content (AvgIpc) is 3.30. The van der Waals surface area contributed by atoms with E-state index in [0.717, 1.165) is 39.0 Å². The van der Waals surface area contributed by atoms with E-state index in [0.29, 0.717) is 17.0 Å². The van der Waals surface area contributed by atoms with Gasteiger partial charge in [0.2, 0.25) is 0 Å². The van der Waals surface area contributed by atoms with Gasteiger partial charge >= 0.3 is 0 Å². The molecule has 1 saturated heterocycles. The minimum Gasteiger partial charge on any atom is -0.505 e. The topological polar surface area (TPSA) is 59.3 Å². The summed E-state index contributed by atoms with van der Waals surface area (Å²) < 4.78 is 13.7. The van der Waals surface area contributed by atoms with Crippen molar-refractivity contribution in [3.63, 3.8) is 0 Å². The van der Waals surface area contributed by atoms with Crippen LogP contribution in [0.15, 0.2) is 12.1 Å². The summed E-state index contributed by atoms with van der Waals surface area (Å²) in [5, 5.41) is 22.7. The molecule has 1 aliphatic carbocycles. The van der Waals surface area contributed by atoms with Gasteiger partial charge in [-0.05, 0) is 30.9 Å². The van der Waals surface area contributed by atoms with E-state index in [-0.39, 0.29) is 36.6 Å². The quantitative estimate of drug-likeness (QED) is 0.882. The lowest BCUT2D eigenvalue weighted by Crippen LogP contribution is -2.45. The number of piperazine rings is 1. The van der Waals surface area contributed by atoms with Crippen molar-refractivity contribution in [2.45, 2.75) is 18.9 Å². The van der Waals surface area contributed by atoms with Gasteiger partial charge in [0.15, 0.2) is 11.6 Å². The molecule has 1 heterocycles. The van der Waals surface area contributed by atoms with E-state index in [1.165, 1.54) is 12.1 Å². The summed E-state index contributed by atoms with van der Waals surface area (Å²) in [6.07, 6.45) is 2.16. The highest BCUT2D eigenvalue weighted by Gasteiger charge is 2.39. The van der Waals surface area contributed by atoms with Crippen molar-refractivity contribution in [3.8, 4) is 11.8 Å². The minimum atomic E-state index is -0.639. The van der Waals surface area contributed by atoms with Crippen molar-refractivity contribution < 1.29 is 9.50 Å². The van der Waals surface area contributed by atoms with Crippen molar-refractivity contribution in [3.05, 3.63) is 29.1 Å². The van der Waals surface area contributed by atoms with E-state index >= 15 is 0 Å². The monoisotopic (exact) mass is 347 g/mol. The summed E-state index contributed by atoms with van der Waals surface area (Å²) in [4.78, 5) is 2.27. The molecule has 122 valence electrons. The van der Waals surface area contributed by atoms with E-state index in [4.69, 9.17) is 0 Å². The molecule has 2 aliphatic rings. The first-order valence-corrected chi connectivity index (χ1v) is 7.08. The number of hydrogen-bond donors (Lipinski definition) is 2. The smallest absolute Gasteiger partial charge is 0.165 e. The predicted molar refractivity (Wildman–Crippen MR) is 87.2 cm³/mol. The normalized spacial score (nSPS) is 19.5. The van der Waals surface area contributed by atoms with Gasteiger partial charge in [-0.15, -0.1) is 24.8 Å². The van der Waals surface area contributed by atoms with Crippen LogP contribution < -0.4 is 5.32 Å². The van der Waals surface area contributed by atoms with Crippen molar-refractivity contribution in [1.29, 1.82) is 5.26 Å². The van der Waals surface area contributed by atoms with Gasteiger partial charge in [0.25, 0.3) is 0 Å². The molecule has 2 N–H and O–H groups in total. The molecule has 1 aromatic rings. The van der Waals surface area contributed by atoms with Crippen molar-refractivity contribution in [2.24, 2.45) is 5.92 Å². The maximum absolute atomic E-state index is 13.7. The maximum Gasteiger partial charge on any atom is 0.165 e.